The van der Waals surface area contributed by atoms with Crippen molar-refractivity contribution < 1.29 is 28.6 Å². The molecule has 222 valence electrons. The van der Waals surface area contributed by atoms with Gasteiger partial charge in [-0.3, -0.25) is 0 Å². The molecule has 1 N–H and O–H groups in total. The normalized spacial score (nSPS) is 20.9. The van der Waals surface area contributed by atoms with Gasteiger partial charge in [0.25, 0.3) is 0 Å². The highest BCUT2D eigenvalue weighted by molar-refractivity contribution is 6.21. The molecule has 8 heteroatoms. The molecule has 0 amide bonds. The number of ether oxygens (including phenoxy) is 3. The van der Waals surface area contributed by atoms with Crippen LogP contribution in [0.1, 0.15) is 41.1 Å². The van der Waals surface area contributed by atoms with E-state index in [1.165, 1.54) is 0 Å². The third-order valence-corrected chi connectivity index (χ3v) is 8.21. The first-order chi connectivity index (χ1) is 21.6. The molecule has 0 fully saturated rings. The predicted octanol–water partition coefficient (Wildman–Crippen LogP) is 6.05. The first-order valence-corrected chi connectivity index (χ1v) is 14.4. The summed E-state index contributed by atoms with van der Waals surface area (Å²) in [6.07, 6.45) is 0. The number of hydrogen-bond acceptors (Lipinski definition) is 8. The van der Waals surface area contributed by atoms with Crippen molar-refractivity contribution in [1.29, 1.82) is 0 Å². The maximum absolute atomic E-state index is 14.6. The Morgan fingerprint density at radius 1 is 0.795 bits per heavy atom. The smallest absolute Gasteiger partial charge is 0.350 e. The number of esters is 1. The highest BCUT2D eigenvalue weighted by atomic mass is 16.7. The van der Waals surface area contributed by atoms with Crippen LogP contribution in [0, 0.1) is 5.41 Å². The molecule has 44 heavy (non-hydrogen) atoms. The first-order valence-electron chi connectivity index (χ1n) is 14.4. The van der Waals surface area contributed by atoms with Crippen LogP contribution in [0.3, 0.4) is 0 Å². The van der Waals surface area contributed by atoms with E-state index in [1.54, 1.807) is 21.1 Å². The minimum absolute atomic E-state index is 0.135. The molecular formula is C36H32N2O6. The van der Waals surface area contributed by atoms with Gasteiger partial charge in [-0.05, 0) is 24.6 Å². The van der Waals surface area contributed by atoms with E-state index < -0.39 is 29.3 Å². The largest absolute Gasteiger partial charge is 0.496 e. The fourth-order valence-corrected chi connectivity index (χ4v) is 6.41. The van der Waals surface area contributed by atoms with Crippen molar-refractivity contribution in [3.05, 3.63) is 137 Å². The Bertz CT molecular complexity index is 1750. The second-order valence-electron chi connectivity index (χ2n) is 10.4. The Kier molecular flexibility index (Phi) is 7.89. The quantitative estimate of drug-likeness (QED) is 0.198. The van der Waals surface area contributed by atoms with Crippen molar-refractivity contribution in [2.75, 3.05) is 20.8 Å². The first kappa shape index (κ1) is 28.7. The number of nitrogens with zero attached hydrogens (tertiary/aromatic N) is 1. The van der Waals surface area contributed by atoms with Gasteiger partial charge in [-0.1, -0.05) is 102 Å². The Morgan fingerprint density at radius 3 is 1.95 bits per heavy atom. The van der Waals surface area contributed by atoms with Gasteiger partial charge in [-0.25, -0.2) is 9.59 Å². The van der Waals surface area contributed by atoms with Gasteiger partial charge in [0, 0.05) is 22.6 Å². The van der Waals surface area contributed by atoms with E-state index in [2.05, 4.69) is 10.5 Å². The topological polar surface area (TPSA) is 95.5 Å². The molecule has 0 radical (unpaired) electrons. The number of rotatable bonds is 8. The zero-order valence-corrected chi connectivity index (χ0v) is 24.7. The lowest BCUT2D eigenvalue weighted by Gasteiger charge is -2.47. The van der Waals surface area contributed by atoms with E-state index in [4.69, 9.17) is 19.0 Å². The lowest BCUT2D eigenvalue weighted by Crippen LogP contribution is -2.55. The monoisotopic (exact) mass is 588 g/mol. The van der Waals surface area contributed by atoms with Gasteiger partial charge in [0.05, 0.1) is 38.1 Å². The number of methoxy groups -OCH3 is 2. The maximum Gasteiger partial charge on any atom is 0.350 e. The summed E-state index contributed by atoms with van der Waals surface area (Å²) < 4.78 is 17.5. The van der Waals surface area contributed by atoms with Crippen molar-refractivity contribution in [3.63, 3.8) is 0 Å². The van der Waals surface area contributed by atoms with Crippen molar-refractivity contribution in [3.8, 4) is 11.5 Å². The number of oxime groups is 1. The highest BCUT2D eigenvalue weighted by Gasteiger charge is 2.66. The van der Waals surface area contributed by atoms with Crippen LogP contribution in [0.5, 0.6) is 11.5 Å². The summed E-state index contributed by atoms with van der Waals surface area (Å²) in [5, 5.41) is 8.06. The zero-order chi connectivity index (χ0) is 30.7. The van der Waals surface area contributed by atoms with Gasteiger partial charge >= 0.3 is 11.9 Å². The van der Waals surface area contributed by atoms with Crippen LogP contribution in [-0.2, 0) is 19.2 Å². The average Bonchev–Trinajstić information content (AvgIpc) is 3.41. The summed E-state index contributed by atoms with van der Waals surface area (Å²) in [5.41, 5.74) is 2.26. The summed E-state index contributed by atoms with van der Waals surface area (Å²) in [4.78, 5) is 34.5. The third-order valence-electron chi connectivity index (χ3n) is 8.21. The van der Waals surface area contributed by atoms with Crippen molar-refractivity contribution in [2.45, 2.75) is 18.9 Å². The summed E-state index contributed by atoms with van der Waals surface area (Å²) in [6, 6.07) is 33.0. The van der Waals surface area contributed by atoms with Gasteiger partial charge in [0.1, 0.15) is 17.2 Å². The molecular weight excluding hydrogens is 556 g/mol. The number of hydrogen-bond donors (Lipinski definition) is 1. The molecule has 1 spiro atoms. The molecule has 3 atom stereocenters. The maximum atomic E-state index is 14.6. The summed E-state index contributed by atoms with van der Waals surface area (Å²) >= 11 is 0. The van der Waals surface area contributed by atoms with Crippen molar-refractivity contribution in [2.24, 2.45) is 10.6 Å². The molecule has 0 aromatic heterocycles. The van der Waals surface area contributed by atoms with Gasteiger partial charge in [0.15, 0.2) is 5.41 Å². The van der Waals surface area contributed by atoms with Gasteiger partial charge in [-0.15, -0.1) is 0 Å². The molecule has 0 saturated carbocycles. The van der Waals surface area contributed by atoms with Gasteiger partial charge in [0.2, 0.25) is 0 Å². The Hall–Kier alpha value is -5.37. The number of nitrogens with one attached hydrogen (secondary N) is 1. The van der Waals surface area contributed by atoms with Crippen LogP contribution in [0.2, 0.25) is 0 Å². The van der Waals surface area contributed by atoms with E-state index >= 15 is 0 Å². The molecule has 8 nitrogen and oxygen atoms in total. The van der Waals surface area contributed by atoms with Gasteiger partial charge < -0.3 is 24.4 Å². The SMILES string of the molecule is CCOC(=O)C1=C(c2ccccc2)N[C@H](c2ccccc2OC)[C@]2(C(=O)ON=C2c2ccccc2)[C@@H]1c1ccccc1OC. The summed E-state index contributed by atoms with van der Waals surface area (Å²) in [6.45, 7) is 1.89. The Balaban J connectivity index is 1.80. The van der Waals surface area contributed by atoms with Crippen LogP contribution in [0.4, 0.5) is 0 Å². The minimum Gasteiger partial charge on any atom is -0.496 e. The molecule has 6 rings (SSSR count). The average molecular weight is 589 g/mol. The van der Waals surface area contributed by atoms with E-state index in [0.29, 0.717) is 39.6 Å². The summed E-state index contributed by atoms with van der Waals surface area (Å²) in [5.74, 6) is -1.09. The van der Waals surface area contributed by atoms with Crippen molar-refractivity contribution >= 4 is 23.3 Å². The van der Waals surface area contributed by atoms with Crippen LogP contribution < -0.4 is 14.8 Å². The molecule has 0 bridgehead atoms. The molecule has 2 heterocycles. The molecule has 4 aromatic carbocycles. The second kappa shape index (κ2) is 12.1. The number of carbonyl (C=O) groups excluding carboxylic acids is 2. The zero-order valence-electron chi connectivity index (χ0n) is 24.7. The highest BCUT2D eigenvalue weighted by Crippen LogP contribution is 2.60. The van der Waals surface area contributed by atoms with Gasteiger partial charge in [-0.2, -0.15) is 0 Å². The fourth-order valence-electron chi connectivity index (χ4n) is 6.41. The van der Waals surface area contributed by atoms with Crippen molar-refractivity contribution in [1.82, 2.24) is 5.32 Å². The molecule has 0 saturated heterocycles. The van der Waals surface area contributed by atoms with E-state index in [-0.39, 0.29) is 12.2 Å². The standard InChI is InChI=1S/C36H32N2O6/c1-4-43-34(39)29-30(25-19-11-13-21-27(25)41-2)36(32(38-44-35(36)40)24-17-9-6-10-18-24)33(26-20-12-14-22-28(26)42-3)37-31(29)23-15-7-5-8-16-23/h5-22,30,33,37H,4H2,1-3H3/t30-,33-,36+/m1/s1. The summed E-state index contributed by atoms with van der Waals surface area (Å²) in [7, 11) is 3.15. The van der Waals surface area contributed by atoms with E-state index in [1.807, 2.05) is 109 Å². The Morgan fingerprint density at radius 2 is 1.34 bits per heavy atom. The lowest BCUT2D eigenvalue weighted by atomic mass is 9.57. The predicted molar refractivity (Wildman–Crippen MR) is 166 cm³/mol. The number of carbonyl (C=O) groups is 2. The lowest BCUT2D eigenvalue weighted by molar-refractivity contribution is -0.151. The third kappa shape index (κ3) is 4.59. The Labute approximate surface area is 255 Å². The molecule has 0 aliphatic carbocycles. The van der Waals surface area contributed by atoms with E-state index in [9.17, 15) is 9.59 Å². The minimum atomic E-state index is -1.61. The molecule has 2 aliphatic rings. The second-order valence-corrected chi connectivity index (χ2v) is 10.4. The van der Waals surface area contributed by atoms with Crippen LogP contribution in [0.15, 0.2) is 120 Å². The van der Waals surface area contributed by atoms with Crippen LogP contribution in [-0.4, -0.2) is 38.5 Å². The molecule has 4 aromatic rings. The number of para-hydroxylation sites is 2. The van der Waals surface area contributed by atoms with Crippen LogP contribution in [0.25, 0.3) is 5.70 Å². The number of benzene rings is 4. The van der Waals surface area contributed by atoms with Crippen LogP contribution >= 0.6 is 0 Å². The molecule has 0 unspecified atom stereocenters. The van der Waals surface area contributed by atoms with E-state index in [0.717, 1.165) is 5.56 Å². The fraction of sp³-hybridized carbons (Fsp3) is 0.194. The molecule has 2 aliphatic heterocycles.